The molecule has 3 amide bonds. The molecule has 2 aromatic rings. The predicted octanol–water partition coefficient (Wildman–Crippen LogP) is 3.46. The van der Waals surface area contributed by atoms with E-state index in [1.165, 1.54) is 11.3 Å². The van der Waals surface area contributed by atoms with E-state index in [0.29, 0.717) is 36.6 Å². The first kappa shape index (κ1) is 20.2. The molecule has 2 N–H and O–H groups in total. The number of carbonyl (C=O) groups is 2. The van der Waals surface area contributed by atoms with Crippen molar-refractivity contribution in [2.24, 2.45) is 5.92 Å². The lowest BCUT2D eigenvalue weighted by molar-refractivity contribution is -0.117. The number of amides is 3. The third-order valence-corrected chi connectivity index (χ3v) is 6.82. The SMILES string of the molecule is CCNC(=O)N1CCc2c(sc(NC(=O)C3CC3c3ccccc3OC)c2C#N)C1. The zero-order valence-electron chi connectivity index (χ0n) is 17.0. The van der Waals surface area contributed by atoms with Gasteiger partial charge in [-0.2, -0.15) is 5.26 Å². The second-order valence-corrected chi connectivity index (χ2v) is 8.61. The van der Waals surface area contributed by atoms with Gasteiger partial charge in [-0.25, -0.2) is 4.79 Å². The summed E-state index contributed by atoms with van der Waals surface area (Å²) in [6.07, 6.45) is 1.39. The molecule has 30 heavy (non-hydrogen) atoms. The van der Waals surface area contributed by atoms with Crippen molar-refractivity contribution in [1.29, 1.82) is 5.26 Å². The maximum absolute atomic E-state index is 12.9. The van der Waals surface area contributed by atoms with Gasteiger partial charge in [-0.1, -0.05) is 18.2 Å². The summed E-state index contributed by atoms with van der Waals surface area (Å²) < 4.78 is 5.42. The number of fused-ring (bicyclic) bond motifs is 1. The van der Waals surface area contributed by atoms with Gasteiger partial charge in [-0.15, -0.1) is 11.3 Å². The van der Waals surface area contributed by atoms with Crippen molar-refractivity contribution in [1.82, 2.24) is 10.2 Å². The quantitative estimate of drug-likeness (QED) is 0.769. The minimum atomic E-state index is -0.126. The van der Waals surface area contributed by atoms with E-state index >= 15 is 0 Å². The third-order valence-electron chi connectivity index (χ3n) is 5.69. The van der Waals surface area contributed by atoms with E-state index in [1.54, 1.807) is 12.0 Å². The van der Waals surface area contributed by atoms with Crippen LogP contribution in [0.25, 0.3) is 0 Å². The standard InChI is InChI=1S/C22H24N4O3S/c1-3-24-22(28)26-9-8-14-17(11-23)21(30-19(14)12-26)25-20(27)16-10-15(16)13-6-4-5-7-18(13)29-2/h4-7,15-16H,3,8-10,12H2,1-2H3,(H,24,28)(H,25,27). The highest BCUT2D eigenvalue weighted by atomic mass is 32.1. The monoisotopic (exact) mass is 424 g/mol. The van der Waals surface area contributed by atoms with Crippen LogP contribution in [0.3, 0.4) is 0 Å². The summed E-state index contributed by atoms with van der Waals surface area (Å²) in [5.74, 6) is 0.738. The first-order valence-corrected chi connectivity index (χ1v) is 10.9. The fraction of sp³-hybridized carbons (Fsp3) is 0.409. The Bertz CT molecular complexity index is 1030. The van der Waals surface area contributed by atoms with E-state index < -0.39 is 0 Å². The summed E-state index contributed by atoms with van der Waals surface area (Å²) in [7, 11) is 1.63. The highest BCUT2D eigenvalue weighted by Gasteiger charge is 2.45. The topological polar surface area (TPSA) is 94.5 Å². The first-order valence-electron chi connectivity index (χ1n) is 10.1. The second-order valence-electron chi connectivity index (χ2n) is 7.51. The maximum atomic E-state index is 12.9. The van der Waals surface area contributed by atoms with Crippen LogP contribution in [0.5, 0.6) is 5.75 Å². The van der Waals surface area contributed by atoms with Crippen LogP contribution in [0.15, 0.2) is 24.3 Å². The average Bonchev–Trinajstić information content (AvgIpc) is 3.49. The number of anilines is 1. The van der Waals surface area contributed by atoms with Gasteiger partial charge in [0, 0.05) is 23.9 Å². The van der Waals surface area contributed by atoms with E-state index in [2.05, 4.69) is 16.7 Å². The van der Waals surface area contributed by atoms with Crippen LogP contribution in [-0.4, -0.2) is 37.0 Å². The van der Waals surface area contributed by atoms with Gasteiger partial charge in [0.2, 0.25) is 5.91 Å². The van der Waals surface area contributed by atoms with E-state index in [0.717, 1.165) is 28.2 Å². The Labute approximate surface area is 179 Å². The summed E-state index contributed by atoms with van der Waals surface area (Å²) in [5.41, 5.74) is 2.53. The number of para-hydroxylation sites is 1. The molecule has 1 saturated carbocycles. The fourth-order valence-corrected chi connectivity index (χ4v) is 5.27. The van der Waals surface area contributed by atoms with Crippen molar-refractivity contribution >= 4 is 28.3 Å². The highest BCUT2D eigenvalue weighted by Crippen LogP contribution is 2.51. The number of carbonyl (C=O) groups excluding carboxylic acids is 2. The molecule has 1 aliphatic carbocycles. The number of hydrogen-bond acceptors (Lipinski definition) is 5. The molecule has 4 rings (SSSR count). The Morgan fingerprint density at radius 3 is 2.90 bits per heavy atom. The zero-order chi connectivity index (χ0) is 21.3. The lowest BCUT2D eigenvalue weighted by atomic mass is 10.0. The molecular formula is C22H24N4O3S. The molecule has 2 heterocycles. The number of nitrogens with one attached hydrogen (secondary N) is 2. The predicted molar refractivity (Wildman–Crippen MR) is 115 cm³/mol. The molecule has 2 unspecified atom stereocenters. The summed E-state index contributed by atoms with van der Waals surface area (Å²) in [6, 6.07) is 9.93. The van der Waals surface area contributed by atoms with Crippen LogP contribution in [0.2, 0.25) is 0 Å². The van der Waals surface area contributed by atoms with Gasteiger partial charge in [0.1, 0.15) is 16.8 Å². The molecular weight excluding hydrogens is 400 g/mol. The van der Waals surface area contributed by atoms with Gasteiger partial charge in [-0.05, 0) is 42.9 Å². The molecule has 1 fully saturated rings. The van der Waals surface area contributed by atoms with Crippen molar-refractivity contribution in [2.75, 3.05) is 25.5 Å². The highest BCUT2D eigenvalue weighted by molar-refractivity contribution is 7.16. The zero-order valence-corrected chi connectivity index (χ0v) is 17.8. The maximum Gasteiger partial charge on any atom is 0.317 e. The lowest BCUT2D eigenvalue weighted by Gasteiger charge is -2.26. The van der Waals surface area contributed by atoms with Crippen LogP contribution in [-0.2, 0) is 17.8 Å². The van der Waals surface area contributed by atoms with Crippen molar-refractivity contribution in [3.63, 3.8) is 0 Å². The Morgan fingerprint density at radius 2 is 2.17 bits per heavy atom. The van der Waals surface area contributed by atoms with E-state index in [1.807, 2.05) is 31.2 Å². The average molecular weight is 425 g/mol. The molecule has 1 aromatic carbocycles. The number of ether oxygens (including phenoxy) is 1. The Hall–Kier alpha value is -3.05. The Kier molecular flexibility index (Phi) is 5.64. The number of nitriles is 1. The van der Waals surface area contributed by atoms with Gasteiger partial charge in [0.25, 0.3) is 0 Å². The summed E-state index contributed by atoms with van der Waals surface area (Å²) in [4.78, 5) is 27.7. The normalized spacial score (nSPS) is 19.4. The molecule has 8 heteroatoms. The number of urea groups is 1. The summed E-state index contributed by atoms with van der Waals surface area (Å²) >= 11 is 1.40. The van der Waals surface area contributed by atoms with Crippen LogP contribution >= 0.6 is 11.3 Å². The van der Waals surface area contributed by atoms with Crippen LogP contribution < -0.4 is 15.4 Å². The lowest BCUT2D eigenvalue weighted by Crippen LogP contribution is -2.42. The molecule has 1 aromatic heterocycles. The first-order chi connectivity index (χ1) is 14.6. The van der Waals surface area contributed by atoms with Gasteiger partial charge < -0.3 is 20.3 Å². The minimum Gasteiger partial charge on any atom is -0.496 e. The number of methoxy groups -OCH3 is 1. The molecule has 0 saturated heterocycles. The largest absolute Gasteiger partial charge is 0.496 e. The van der Waals surface area contributed by atoms with Gasteiger partial charge in [-0.3, -0.25) is 4.79 Å². The van der Waals surface area contributed by atoms with Gasteiger partial charge in [0.05, 0.1) is 19.2 Å². The molecule has 0 bridgehead atoms. The Balaban J connectivity index is 1.48. The van der Waals surface area contributed by atoms with Crippen molar-refractivity contribution in [3.8, 4) is 11.8 Å². The fourth-order valence-electron chi connectivity index (χ4n) is 4.05. The van der Waals surface area contributed by atoms with E-state index in [9.17, 15) is 14.9 Å². The van der Waals surface area contributed by atoms with Gasteiger partial charge in [0.15, 0.2) is 0 Å². The molecule has 0 radical (unpaired) electrons. The van der Waals surface area contributed by atoms with Crippen molar-refractivity contribution in [2.45, 2.75) is 32.2 Å². The van der Waals surface area contributed by atoms with Crippen molar-refractivity contribution < 1.29 is 14.3 Å². The molecule has 0 spiro atoms. The number of nitrogens with zero attached hydrogens (tertiary/aromatic N) is 2. The number of benzene rings is 1. The van der Waals surface area contributed by atoms with Crippen LogP contribution in [0.4, 0.5) is 9.80 Å². The third kappa shape index (κ3) is 3.73. The van der Waals surface area contributed by atoms with Crippen LogP contribution in [0.1, 0.15) is 40.8 Å². The summed E-state index contributed by atoms with van der Waals surface area (Å²) in [5, 5.41) is 16.1. The molecule has 156 valence electrons. The van der Waals surface area contributed by atoms with E-state index in [-0.39, 0.29) is 23.8 Å². The minimum absolute atomic E-state index is 0.0680. The smallest absolute Gasteiger partial charge is 0.317 e. The van der Waals surface area contributed by atoms with Crippen molar-refractivity contribution in [3.05, 3.63) is 45.8 Å². The number of rotatable bonds is 5. The van der Waals surface area contributed by atoms with Gasteiger partial charge >= 0.3 is 6.03 Å². The molecule has 2 aliphatic rings. The Morgan fingerprint density at radius 1 is 1.37 bits per heavy atom. The summed E-state index contributed by atoms with van der Waals surface area (Å²) in [6.45, 7) is 3.49. The van der Waals surface area contributed by atoms with Crippen LogP contribution in [0, 0.1) is 17.2 Å². The molecule has 7 nitrogen and oxygen atoms in total. The van der Waals surface area contributed by atoms with E-state index in [4.69, 9.17) is 4.74 Å². The second kappa shape index (κ2) is 8.36. The molecule has 1 aliphatic heterocycles. The number of hydrogen-bond donors (Lipinski definition) is 2. The molecule has 2 atom stereocenters. The number of thiophene rings is 1.